The number of hydrogen-bond acceptors (Lipinski definition) is 4. The second-order valence-corrected chi connectivity index (χ2v) is 6.11. The highest BCUT2D eigenvalue weighted by Gasteiger charge is 2.17. The van der Waals surface area contributed by atoms with Crippen molar-refractivity contribution in [2.75, 3.05) is 0 Å². The molecule has 0 N–H and O–H groups in total. The van der Waals surface area contributed by atoms with Gasteiger partial charge < -0.3 is 9.47 Å². The standard InChI is InChI=1S/C23H20O4/c1-16(24)26-22-15-19(12-8-11-18-9-4-3-5-10-18)20-13-6-7-14-21(20)23(22)27-17(2)25/h3-11,13-15H,12H2,1-2H3/b11-8+. The zero-order chi connectivity index (χ0) is 19.2. The van der Waals surface area contributed by atoms with E-state index in [1.54, 1.807) is 6.07 Å². The summed E-state index contributed by atoms with van der Waals surface area (Å²) in [6.07, 6.45) is 4.74. The van der Waals surface area contributed by atoms with Gasteiger partial charge in [0.1, 0.15) is 0 Å². The van der Waals surface area contributed by atoms with Crippen LogP contribution in [0, 0.1) is 0 Å². The first-order valence-electron chi connectivity index (χ1n) is 8.67. The quantitative estimate of drug-likeness (QED) is 0.477. The van der Waals surface area contributed by atoms with Crippen molar-refractivity contribution >= 4 is 28.8 Å². The Balaban J connectivity index is 2.05. The fourth-order valence-electron chi connectivity index (χ4n) is 2.93. The Morgan fingerprint density at radius 2 is 1.48 bits per heavy atom. The Labute approximate surface area is 158 Å². The SMILES string of the molecule is CC(=O)Oc1cc(C/C=C/c2ccccc2)c2ccccc2c1OC(C)=O. The topological polar surface area (TPSA) is 52.6 Å². The molecule has 0 aromatic heterocycles. The fourth-order valence-corrected chi connectivity index (χ4v) is 2.93. The van der Waals surface area contributed by atoms with E-state index < -0.39 is 11.9 Å². The van der Waals surface area contributed by atoms with Crippen molar-refractivity contribution in [3.05, 3.63) is 77.9 Å². The number of fused-ring (bicyclic) bond motifs is 1. The van der Waals surface area contributed by atoms with Gasteiger partial charge in [0, 0.05) is 19.2 Å². The third kappa shape index (κ3) is 4.61. The third-order valence-corrected chi connectivity index (χ3v) is 3.99. The summed E-state index contributed by atoms with van der Waals surface area (Å²) in [5.41, 5.74) is 2.09. The Bertz CT molecular complexity index is 1000. The molecule has 3 rings (SSSR count). The largest absolute Gasteiger partial charge is 0.423 e. The zero-order valence-electron chi connectivity index (χ0n) is 15.3. The molecule has 0 saturated heterocycles. The number of ether oxygens (including phenoxy) is 2. The third-order valence-electron chi connectivity index (χ3n) is 3.99. The normalized spacial score (nSPS) is 10.9. The molecule has 0 amide bonds. The molecule has 0 fully saturated rings. The van der Waals surface area contributed by atoms with Crippen LogP contribution in [0.15, 0.2) is 66.7 Å². The average Bonchev–Trinajstić information content (AvgIpc) is 2.64. The number of esters is 2. The first-order chi connectivity index (χ1) is 13.0. The monoisotopic (exact) mass is 360 g/mol. The van der Waals surface area contributed by atoms with Gasteiger partial charge in [-0.3, -0.25) is 9.59 Å². The van der Waals surface area contributed by atoms with Crippen molar-refractivity contribution in [3.63, 3.8) is 0 Å². The molecule has 0 heterocycles. The van der Waals surface area contributed by atoms with Crippen molar-refractivity contribution in [1.29, 1.82) is 0 Å². The van der Waals surface area contributed by atoms with Crippen LogP contribution in [-0.4, -0.2) is 11.9 Å². The van der Waals surface area contributed by atoms with E-state index >= 15 is 0 Å². The Morgan fingerprint density at radius 3 is 2.15 bits per heavy atom. The predicted octanol–water partition coefficient (Wildman–Crippen LogP) is 4.95. The highest BCUT2D eigenvalue weighted by atomic mass is 16.6. The summed E-state index contributed by atoms with van der Waals surface area (Å²) in [5.74, 6) is -0.418. The van der Waals surface area contributed by atoms with E-state index in [0.29, 0.717) is 6.42 Å². The lowest BCUT2D eigenvalue weighted by molar-refractivity contribution is -0.134. The van der Waals surface area contributed by atoms with Gasteiger partial charge in [-0.1, -0.05) is 66.7 Å². The molecule has 27 heavy (non-hydrogen) atoms. The Hall–Kier alpha value is -3.40. The molecule has 3 aromatic rings. The summed E-state index contributed by atoms with van der Waals surface area (Å²) in [7, 11) is 0. The number of hydrogen-bond donors (Lipinski definition) is 0. The highest BCUT2D eigenvalue weighted by Crippen LogP contribution is 2.38. The van der Waals surface area contributed by atoms with Gasteiger partial charge >= 0.3 is 11.9 Å². The summed E-state index contributed by atoms with van der Waals surface area (Å²) in [5, 5.41) is 1.68. The van der Waals surface area contributed by atoms with Gasteiger partial charge in [-0.25, -0.2) is 0 Å². The van der Waals surface area contributed by atoms with Gasteiger partial charge in [0.25, 0.3) is 0 Å². The van der Waals surface area contributed by atoms with Gasteiger partial charge in [-0.05, 0) is 29.0 Å². The van der Waals surface area contributed by atoms with Crippen molar-refractivity contribution in [2.45, 2.75) is 20.3 Å². The van der Waals surface area contributed by atoms with Crippen LogP contribution in [0.25, 0.3) is 16.8 Å². The van der Waals surface area contributed by atoms with Crippen molar-refractivity contribution in [3.8, 4) is 11.5 Å². The molecule has 0 unspecified atom stereocenters. The maximum Gasteiger partial charge on any atom is 0.308 e. The van der Waals surface area contributed by atoms with Crippen molar-refractivity contribution in [1.82, 2.24) is 0 Å². The molecule has 0 saturated carbocycles. The predicted molar refractivity (Wildman–Crippen MR) is 106 cm³/mol. The Morgan fingerprint density at radius 1 is 0.852 bits per heavy atom. The molecule has 4 nitrogen and oxygen atoms in total. The lowest BCUT2D eigenvalue weighted by atomic mass is 10.00. The number of rotatable bonds is 5. The smallest absolute Gasteiger partial charge is 0.308 e. The van der Waals surface area contributed by atoms with Crippen LogP contribution in [0.1, 0.15) is 25.0 Å². The van der Waals surface area contributed by atoms with Crippen molar-refractivity contribution in [2.24, 2.45) is 0 Å². The molecule has 0 aliphatic carbocycles. The maximum atomic E-state index is 11.5. The maximum absolute atomic E-state index is 11.5. The van der Waals surface area contributed by atoms with Crippen LogP contribution in [0.4, 0.5) is 0 Å². The second kappa shape index (κ2) is 8.32. The molecular weight excluding hydrogens is 340 g/mol. The molecule has 0 radical (unpaired) electrons. The molecule has 0 spiro atoms. The second-order valence-electron chi connectivity index (χ2n) is 6.11. The van der Waals surface area contributed by atoms with Crippen LogP contribution in [0.2, 0.25) is 0 Å². The summed E-state index contributed by atoms with van der Waals surface area (Å²) in [4.78, 5) is 23.1. The van der Waals surface area contributed by atoms with Gasteiger partial charge in [-0.15, -0.1) is 0 Å². The summed E-state index contributed by atoms with van der Waals surface area (Å²) >= 11 is 0. The molecule has 0 bridgehead atoms. The van der Waals surface area contributed by atoms with Gasteiger partial charge in [-0.2, -0.15) is 0 Å². The molecule has 4 heteroatoms. The molecule has 0 aliphatic rings. The summed E-state index contributed by atoms with van der Waals surface area (Å²) in [6.45, 7) is 2.64. The lowest BCUT2D eigenvalue weighted by Gasteiger charge is -2.14. The van der Waals surface area contributed by atoms with Crippen LogP contribution in [-0.2, 0) is 16.0 Å². The zero-order valence-corrected chi connectivity index (χ0v) is 15.3. The molecule has 0 aliphatic heterocycles. The number of carbonyl (C=O) groups is 2. The minimum Gasteiger partial charge on any atom is -0.423 e. The van der Waals surface area contributed by atoms with Gasteiger partial charge in [0.15, 0.2) is 11.5 Å². The van der Waals surface area contributed by atoms with Crippen LogP contribution >= 0.6 is 0 Å². The fraction of sp³-hybridized carbons (Fsp3) is 0.130. The van der Waals surface area contributed by atoms with E-state index in [9.17, 15) is 9.59 Å². The summed E-state index contributed by atoms with van der Waals surface area (Å²) < 4.78 is 10.7. The molecular formula is C23H20O4. The molecule has 136 valence electrons. The Kier molecular flexibility index (Phi) is 5.67. The van der Waals surface area contributed by atoms with Gasteiger partial charge in [0.2, 0.25) is 0 Å². The minimum absolute atomic E-state index is 0.250. The van der Waals surface area contributed by atoms with Gasteiger partial charge in [0.05, 0.1) is 0 Å². The van der Waals surface area contributed by atoms with E-state index in [1.807, 2.05) is 60.7 Å². The molecule has 3 aromatic carbocycles. The minimum atomic E-state index is -0.468. The first kappa shape index (κ1) is 18.4. The first-order valence-corrected chi connectivity index (χ1v) is 8.67. The van der Waals surface area contributed by atoms with Crippen LogP contribution in [0.5, 0.6) is 11.5 Å². The highest BCUT2D eigenvalue weighted by molar-refractivity contribution is 5.96. The van der Waals surface area contributed by atoms with Crippen molar-refractivity contribution < 1.29 is 19.1 Å². The van der Waals surface area contributed by atoms with E-state index in [-0.39, 0.29) is 11.5 Å². The number of allylic oxidation sites excluding steroid dienone is 1. The lowest BCUT2D eigenvalue weighted by Crippen LogP contribution is -2.08. The summed E-state index contributed by atoms with van der Waals surface area (Å²) in [6, 6.07) is 19.4. The van der Waals surface area contributed by atoms with Crippen LogP contribution in [0.3, 0.4) is 0 Å². The van der Waals surface area contributed by atoms with E-state index in [2.05, 4.69) is 6.08 Å². The number of carbonyl (C=O) groups excluding carboxylic acids is 2. The average molecular weight is 360 g/mol. The van der Waals surface area contributed by atoms with E-state index in [1.165, 1.54) is 13.8 Å². The van der Waals surface area contributed by atoms with Crippen LogP contribution < -0.4 is 9.47 Å². The molecule has 0 atom stereocenters. The van der Waals surface area contributed by atoms with E-state index in [0.717, 1.165) is 21.9 Å². The number of benzene rings is 3. The van der Waals surface area contributed by atoms with E-state index in [4.69, 9.17) is 9.47 Å².